The standard InChI is InChI=1S/C19H27FN6O3/c20-17-9-14(26-11-16(29-19(26)27)10-25(22)4-3-21)1-2-18(17)24-7-5-23(6-8-24)15-12-28-13-15/h1-4,9,15-16H,5-8,10-13,21-22H2/b4-3-. The molecule has 9 nitrogen and oxygen atoms in total. The molecule has 0 spiro atoms. The molecule has 1 atom stereocenters. The molecule has 0 radical (unpaired) electrons. The number of ether oxygens (including phenoxy) is 2. The van der Waals surface area contributed by atoms with Crippen molar-refractivity contribution in [3.63, 3.8) is 0 Å². The molecule has 3 fully saturated rings. The maximum Gasteiger partial charge on any atom is 0.414 e. The highest BCUT2D eigenvalue weighted by Crippen LogP contribution is 2.29. The van der Waals surface area contributed by atoms with Gasteiger partial charge in [0, 0.05) is 38.6 Å². The van der Waals surface area contributed by atoms with Crippen molar-refractivity contribution in [2.75, 3.05) is 62.3 Å². The lowest BCUT2D eigenvalue weighted by Crippen LogP contribution is -2.56. The number of amides is 1. The number of cyclic esters (lactones) is 1. The first-order chi connectivity index (χ1) is 14.0. The Morgan fingerprint density at radius 2 is 2.00 bits per heavy atom. The van der Waals surface area contributed by atoms with E-state index >= 15 is 0 Å². The van der Waals surface area contributed by atoms with Crippen molar-refractivity contribution in [2.24, 2.45) is 11.6 Å². The Labute approximate surface area is 169 Å². The lowest BCUT2D eigenvalue weighted by atomic mass is 10.1. The van der Waals surface area contributed by atoms with Crippen LogP contribution in [0.3, 0.4) is 0 Å². The number of nitrogens with two attached hydrogens (primary N) is 2. The van der Waals surface area contributed by atoms with Gasteiger partial charge in [-0.25, -0.2) is 15.0 Å². The minimum atomic E-state index is -0.511. The Balaban J connectivity index is 1.38. The van der Waals surface area contributed by atoms with E-state index < -0.39 is 12.2 Å². The Kier molecular flexibility index (Phi) is 5.74. The third-order valence-corrected chi connectivity index (χ3v) is 5.60. The summed E-state index contributed by atoms with van der Waals surface area (Å²) in [6.07, 6.45) is 1.86. The number of anilines is 2. The number of hydrogen-bond donors (Lipinski definition) is 2. The number of halogens is 1. The maximum absolute atomic E-state index is 14.9. The summed E-state index contributed by atoms with van der Waals surface area (Å²) in [4.78, 5) is 18.1. The first-order valence-corrected chi connectivity index (χ1v) is 9.79. The third-order valence-electron chi connectivity index (χ3n) is 5.60. The highest BCUT2D eigenvalue weighted by molar-refractivity contribution is 5.90. The van der Waals surface area contributed by atoms with Crippen LogP contribution >= 0.6 is 0 Å². The predicted octanol–water partition coefficient (Wildman–Crippen LogP) is 0.277. The van der Waals surface area contributed by atoms with E-state index in [0.29, 0.717) is 30.5 Å². The van der Waals surface area contributed by atoms with Gasteiger partial charge in [-0.05, 0) is 18.2 Å². The summed E-state index contributed by atoms with van der Waals surface area (Å²) in [6.45, 7) is 5.49. The molecule has 0 bridgehead atoms. The highest BCUT2D eigenvalue weighted by Gasteiger charge is 2.34. The number of nitrogens with zero attached hydrogens (tertiary/aromatic N) is 4. The van der Waals surface area contributed by atoms with E-state index in [1.54, 1.807) is 12.1 Å². The van der Waals surface area contributed by atoms with Crippen molar-refractivity contribution in [1.29, 1.82) is 0 Å². The molecular weight excluding hydrogens is 379 g/mol. The molecule has 29 heavy (non-hydrogen) atoms. The van der Waals surface area contributed by atoms with Gasteiger partial charge in [-0.1, -0.05) is 0 Å². The van der Waals surface area contributed by atoms with Gasteiger partial charge in [-0.15, -0.1) is 0 Å². The van der Waals surface area contributed by atoms with Crippen molar-refractivity contribution in [3.8, 4) is 0 Å². The summed E-state index contributed by atoms with van der Waals surface area (Å²) in [7, 11) is 0. The van der Waals surface area contributed by atoms with Crippen LogP contribution in [0.25, 0.3) is 0 Å². The zero-order chi connectivity index (χ0) is 20.4. The third kappa shape index (κ3) is 4.24. The second-order valence-electron chi connectivity index (χ2n) is 7.50. The molecule has 4 N–H and O–H groups in total. The Hall–Kier alpha value is -2.56. The quantitative estimate of drug-likeness (QED) is 0.513. The van der Waals surface area contributed by atoms with Crippen LogP contribution in [0.15, 0.2) is 30.6 Å². The van der Waals surface area contributed by atoms with Crippen molar-refractivity contribution in [2.45, 2.75) is 12.1 Å². The topological polar surface area (TPSA) is 101 Å². The zero-order valence-corrected chi connectivity index (χ0v) is 16.2. The van der Waals surface area contributed by atoms with Crippen molar-refractivity contribution >= 4 is 17.5 Å². The van der Waals surface area contributed by atoms with Gasteiger partial charge < -0.3 is 25.1 Å². The van der Waals surface area contributed by atoms with Crippen LogP contribution in [0, 0.1) is 5.82 Å². The molecule has 3 heterocycles. The number of hydrazine groups is 1. The first kappa shape index (κ1) is 19.7. The summed E-state index contributed by atoms with van der Waals surface area (Å²) in [5, 5.41) is 1.35. The van der Waals surface area contributed by atoms with E-state index in [1.807, 2.05) is 4.90 Å². The van der Waals surface area contributed by atoms with Crippen LogP contribution in [-0.4, -0.2) is 80.6 Å². The molecule has 1 amide bonds. The first-order valence-electron chi connectivity index (χ1n) is 9.79. The van der Waals surface area contributed by atoms with Gasteiger partial charge in [0.05, 0.1) is 43.7 Å². The van der Waals surface area contributed by atoms with Gasteiger partial charge in [0.15, 0.2) is 0 Å². The van der Waals surface area contributed by atoms with Crippen LogP contribution in [0.4, 0.5) is 20.6 Å². The smallest absolute Gasteiger partial charge is 0.414 e. The molecule has 3 aliphatic heterocycles. The lowest BCUT2D eigenvalue weighted by Gasteiger charge is -2.43. The van der Waals surface area contributed by atoms with E-state index in [9.17, 15) is 9.18 Å². The summed E-state index contributed by atoms with van der Waals surface area (Å²) in [5.41, 5.74) is 6.33. The minimum absolute atomic E-state index is 0.297. The maximum atomic E-state index is 14.9. The van der Waals surface area contributed by atoms with Crippen molar-refractivity contribution in [3.05, 3.63) is 36.4 Å². The predicted molar refractivity (Wildman–Crippen MR) is 107 cm³/mol. The van der Waals surface area contributed by atoms with E-state index in [2.05, 4.69) is 4.90 Å². The van der Waals surface area contributed by atoms with E-state index in [-0.39, 0.29) is 5.82 Å². The van der Waals surface area contributed by atoms with Gasteiger partial charge in [0.25, 0.3) is 0 Å². The van der Waals surface area contributed by atoms with Crippen LogP contribution in [-0.2, 0) is 9.47 Å². The van der Waals surface area contributed by atoms with Crippen molar-refractivity contribution < 1.29 is 18.7 Å². The van der Waals surface area contributed by atoms with Crippen LogP contribution in [0.1, 0.15) is 0 Å². The highest BCUT2D eigenvalue weighted by atomic mass is 19.1. The van der Waals surface area contributed by atoms with Gasteiger partial charge >= 0.3 is 6.09 Å². The molecule has 0 aliphatic carbocycles. The van der Waals surface area contributed by atoms with Crippen LogP contribution in [0.2, 0.25) is 0 Å². The molecule has 3 aliphatic rings. The Bertz CT molecular complexity index is 766. The molecule has 3 saturated heterocycles. The summed E-state index contributed by atoms with van der Waals surface area (Å²) in [6, 6.07) is 5.39. The van der Waals surface area contributed by atoms with E-state index in [0.717, 1.165) is 39.4 Å². The fourth-order valence-corrected chi connectivity index (χ4v) is 3.92. The van der Waals surface area contributed by atoms with Gasteiger partial charge in [0.1, 0.15) is 11.9 Å². The average Bonchev–Trinajstić information content (AvgIpc) is 3.01. The monoisotopic (exact) mass is 406 g/mol. The van der Waals surface area contributed by atoms with Gasteiger partial charge in [-0.3, -0.25) is 9.80 Å². The molecule has 1 aromatic carbocycles. The molecular formula is C19H27FN6O3. The molecule has 4 rings (SSSR count). The molecule has 1 unspecified atom stereocenters. The van der Waals surface area contributed by atoms with Crippen LogP contribution < -0.4 is 21.4 Å². The average molecular weight is 406 g/mol. The molecule has 158 valence electrons. The minimum Gasteiger partial charge on any atom is -0.442 e. The molecule has 1 aromatic rings. The summed E-state index contributed by atoms with van der Waals surface area (Å²) >= 11 is 0. The van der Waals surface area contributed by atoms with Crippen LogP contribution in [0.5, 0.6) is 0 Å². The lowest BCUT2D eigenvalue weighted by molar-refractivity contribution is -0.0660. The second-order valence-corrected chi connectivity index (χ2v) is 7.50. The molecule has 0 saturated carbocycles. The molecule has 10 heteroatoms. The number of piperazine rings is 1. The number of carbonyl (C=O) groups excluding carboxylic acids is 1. The zero-order valence-electron chi connectivity index (χ0n) is 16.2. The van der Waals surface area contributed by atoms with Gasteiger partial charge in [-0.2, -0.15) is 0 Å². The summed E-state index contributed by atoms with van der Waals surface area (Å²) in [5.74, 6) is 5.40. The van der Waals surface area contributed by atoms with E-state index in [4.69, 9.17) is 21.1 Å². The number of rotatable bonds is 6. The fourth-order valence-electron chi connectivity index (χ4n) is 3.92. The number of hydrogen-bond acceptors (Lipinski definition) is 8. The van der Waals surface area contributed by atoms with E-state index in [1.165, 1.54) is 28.4 Å². The van der Waals surface area contributed by atoms with Crippen molar-refractivity contribution in [1.82, 2.24) is 9.91 Å². The number of carbonyl (C=O) groups is 1. The number of benzene rings is 1. The molecule has 0 aromatic heterocycles. The van der Waals surface area contributed by atoms with Gasteiger partial charge in [0.2, 0.25) is 0 Å². The largest absolute Gasteiger partial charge is 0.442 e. The second kappa shape index (κ2) is 8.44. The Morgan fingerprint density at radius 3 is 2.62 bits per heavy atom. The SMILES string of the molecule is N/C=C\N(N)CC1CN(c2ccc(N3CCN(C4COC4)CC3)c(F)c2)C(=O)O1. The summed E-state index contributed by atoms with van der Waals surface area (Å²) < 4.78 is 25.4. The fraction of sp³-hybridized carbons (Fsp3) is 0.526. The Morgan fingerprint density at radius 1 is 1.24 bits per heavy atom. The normalized spacial score (nSPS) is 23.5.